The quantitative estimate of drug-likeness (QED) is 0.794. The Hall–Kier alpha value is -1.20. The van der Waals surface area contributed by atoms with Crippen LogP contribution in [0, 0.1) is 0 Å². The van der Waals surface area contributed by atoms with Gasteiger partial charge in [0.15, 0.2) is 0 Å². The molecule has 4 rings (SSSR count). The molecule has 0 N–H and O–H groups in total. The van der Waals surface area contributed by atoms with Crippen molar-refractivity contribution in [2.24, 2.45) is 0 Å². The van der Waals surface area contributed by atoms with E-state index in [0.717, 1.165) is 40.8 Å². The summed E-state index contributed by atoms with van der Waals surface area (Å²) in [5.41, 5.74) is 1.02. The largest absolute Gasteiger partial charge is 0.353 e. The summed E-state index contributed by atoms with van der Waals surface area (Å²) in [7, 11) is 0. The number of nitrogens with zero attached hydrogens (tertiary/aromatic N) is 4. The third-order valence-corrected chi connectivity index (χ3v) is 5.21. The molecule has 0 aliphatic carbocycles. The minimum Gasteiger partial charge on any atom is -0.353 e. The molecule has 1 atom stereocenters. The highest BCUT2D eigenvalue weighted by Crippen LogP contribution is 2.29. The first-order valence-corrected chi connectivity index (χ1v) is 8.50. The first-order valence-electron chi connectivity index (χ1n) is 7.70. The topological polar surface area (TPSA) is 32.3 Å². The van der Waals surface area contributed by atoms with Crippen molar-refractivity contribution in [1.29, 1.82) is 0 Å². The van der Waals surface area contributed by atoms with Gasteiger partial charge in [0.2, 0.25) is 0 Å². The SMILES string of the molecule is Brc1ccc2ncnc(N3CCN4CCCCC4C3)c2c1. The Morgan fingerprint density at radius 2 is 2.05 bits per heavy atom. The number of benzene rings is 1. The standard InChI is InChI=1S/C16H19BrN4/c17-12-4-5-15-14(9-12)16(19-11-18-15)21-8-7-20-6-2-1-3-13(20)10-21/h4-5,9,11,13H,1-3,6-8,10H2. The predicted molar refractivity (Wildman–Crippen MR) is 88.7 cm³/mol. The van der Waals surface area contributed by atoms with Gasteiger partial charge in [0.05, 0.1) is 5.52 Å². The fourth-order valence-corrected chi connectivity index (χ4v) is 3.98. The van der Waals surface area contributed by atoms with Crippen LogP contribution < -0.4 is 4.90 Å². The van der Waals surface area contributed by atoms with Crippen LogP contribution in [0.4, 0.5) is 5.82 Å². The third-order valence-electron chi connectivity index (χ3n) is 4.71. The molecule has 2 aliphatic heterocycles. The second kappa shape index (κ2) is 5.54. The summed E-state index contributed by atoms with van der Waals surface area (Å²) >= 11 is 3.56. The summed E-state index contributed by atoms with van der Waals surface area (Å²) < 4.78 is 1.09. The van der Waals surface area contributed by atoms with Crippen molar-refractivity contribution >= 4 is 32.7 Å². The van der Waals surface area contributed by atoms with Crippen LogP contribution in [0.25, 0.3) is 10.9 Å². The highest BCUT2D eigenvalue weighted by Gasteiger charge is 2.30. The fraction of sp³-hybridized carbons (Fsp3) is 0.500. The number of hydrogen-bond acceptors (Lipinski definition) is 4. The van der Waals surface area contributed by atoms with E-state index in [1.54, 1.807) is 6.33 Å². The average molecular weight is 347 g/mol. The summed E-state index contributed by atoms with van der Waals surface area (Å²) in [6.45, 7) is 4.59. The Balaban J connectivity index is 1.68. The van der Waals surface area contributed by atoms with Crippen molar-refractivity contribution in [3.05, 3.63) is 29.0 Å². The van der Waals surface area contributed by atoms with Crippen molar-refractivity contribution in [2.45, 2.75) is 25.3 Å². The average Bonchev–Trinajstić information content (AvgIpc) is 2.54. The third kappa shape index (κ3) is 2.53. The molecule has 2 aliphatic rings. The molecular formula is C16H19BrN4. The van der Waals surface area contributed by atoms with Gasteiger partial charge in [-0.2, -0.15) is 0 Å². The zero-order valence-electron chi connectivity index (χ0n) is 12.0. The van der Waals surface area contributed by atoms with E-state index in [4.69, 9.17) is 0 Å². The van der Waals surface area contributed by atoms with E-state index in [-0.39, 0.29) is 0 Å². The zero-order valence-corrected chi connectivity index (χ0v) is 13.6. The van der Waals surface area contributed by atoms with Crippen LogP contribution in [-0.2, 0) is 0 Å². The minimum absolute atomic E-state index is 0.699. The lowest BCUT2D eigenvalue weighted by Gasteiger charge is -2.44. The number of piperazine rings is 1. The lowest BCUT2D eigenvalue weighted by molar-refractivity contribution is 0.133. The Labute approximate surface area is 133 Å². The van der Waals surface area contributed by atoms with Gasteiger partial charge in [-0.3, -0.25) is 4.90 Å². The maximum Gasteiger partial charge on any atom is 0.140 e. The van der Waals surface area contributed by atoms with Crippen LogP contribution in [-0.4, -0.2) is 47.1 Å². The smallest absolute Gasteiger partial charge is 0.140 e. The lowest BCUT2D eigenvalue weighted by atomic mass is 9.99. The molecule has 1 aromatic heterocycles. The molecule has 0 amide bonds. The number of aromatic nitrogens is 2. The second-order valence-electron chi connectivity index (χ2n) is 5.99. The number of anilines is 1. The number of hydrogen-bond donors (Lipinski definition) is 0. The van der Waals surface area contributed by atoms with E-state index < -0.39 is 0 Å². The Bertz CT molecular complexity index is 660. The van der Waals surface area contributed by atoms with Crippen LogP contribution >= 0.6 is 15.9 Å². The van der Waals surface area contributed by atoms with E-state index in [1.807, 2.05) is 6.07 Å². The molecule has 2 saturated heterocycles. The van der Waals surface area contributed by atoms with Gasteiger partial charge < -0.3 is 4.90 Å². The van der Waals surface area contributed by atoms with E-state index in [2.05, 4.69) is 47.8 Å². The Morgan fingerprint density at radius 1 is 1.10 bits per heavy atom. The van der Waals surface area contributed by atoms with E-state index in [0.29, 0.717) is 6.04 Å². The maximum atomic E-state index is 4.58. The summed E-state index contributed by atoms with van der Waals surface area (Å²) in [5.74, 6) is 1.09. The first kappa shape index (κ1) is 13.5. The molecule has 1 unspecified atom stereocenters. The molecule has 1 aromatic carbocycles. The predicted octanol–water partition coefficient (Wildman–Crippen LogP) is 3.07. The van der Waals surface area contributed by atoms with Gasteiger partial charge in [0.1, 0.15) is 12.1 Å². The van der Waals surface area contributed by atoms with Crippen molar-refractivity contribution in [3.8, 4) is 0 Å². The van der Waals surface area contributed by atoms with Gasteiger partial charge in [0.25, 0.3) is 0 Å². The summed E-state index contributed by atoms with van der Waals surface area (Å²) in [4.78, 5) is 14.1. The van der Waals surface area contributed by atoms with Crippen molar-refractivity contribution in [3.63, 3.8) is 0 Å². The normalized spacial score (nSPS) is 23.3. The molecule has 4 nitrogen and oxygen atoms in total. The van der Waals surface area contributed by atoms with Gasteiger partial charge >= 0.3 is 0 Å². The van der Waals surface area contributed by atoms with Gasteiger partial charge in [-0.1, -0.05) is 22.4 Å². The Morgan fingerprint density at radius 3 is 3.00 bits per heavy atom. The van der Waals surface area contributed by atoms with Crippen LogP contribution in [0.15, 0.2) is 29.0 Å². The molecule has 5 heteroatoms. The van der Waals surface area contributed by atoms with Gasteiger partial charge in [-0.05, 0) is 37.6 Å². The number of fused-ring (bicyclic) bond motifs is 2. The molecule has 3 heterocycles. The summed E-state index contributed by atoms with van der Waals surface area (Å²) in [6, 6.07) is 6.93. The highest BCUT2D eigenvalue weighted by molar-refractivity contribution is 9.10. The Kier molecular flexibility index (Phi) is 3.55. The molecule has 2 aromatic rings. The van der Waals surface area contributed by atoms with E-state index in [9.17, 15) is 0 Å². The molecule has 0 saturated carbocycles. The molecule has 0 radical (unpaired) electrons. The number of rotatable bonds is 1. The van der Waals surface area contributed by atoms with Crippen LogP contribution in [0.5, 0.6) is 0 Å². The van der Waals surface area contributed by atoms with Gasteiger partial charge in [0, 0.05) is 35.5 Å². The second-order valence-corrected chi connectivity index (χ2v) is 6.91. The minimum atomic E-state index is 0.699. The number of halogens is 1. The van der Waals surface area contributed by atoms with Crippen LogP contribution in [0.2, 0.25) is 0 Å². The molecule has 0 bridgehead atoms. The fourth-order valence-electron chi connectivity index (χ4n) is 3.62. The van der Waals surface area contributed by atoms with Crippen molar-refractivity contribution in [1.82, 2.24) is 14.9 Å². The van der Waals surface area contributed by atoms with E-state index in [1.165, 1.54) is 25.8 Å². The van der Waals surface area contributed by atoms with Crippen molar-refractivity contribution in [2.75, 3.05) is 31.1 Å². The summed E-state index contributed by atoms with van der Waals surface area (Å²) in [6.07, 6.45) is 5.74. The molecule has 0 spiro atoms. The number of piperidine rings is 1. The van der Waals surface area contributed by atoms with E-state index >= 15 is 0 Å². The molecule has 2 fully saturated rings. The van der Waals surface area contributed by atoms with Gasteiger partial charge in [-0.15, -0.1) is 0 Å². The highest BCUT2D eigenvalue weighted by atomic mass is 79.9. The maximum absolute atomic E-state index is 4.58. The monoisotopic (exact) mass is 346 g/mol. The molecular weight excluding hydrogens is 328 g/mol. The molecule has 110 valence electrons. The van der Waals surface area contributed by atoms with Crippen molar-refractivity contribution < 1.29 is 0 Å². The zero-order chi connectivity index (χ0) is 14.2. The molecule has 21 heavy (non-hydrogen) atoms. The van der Waals surface area contributed by atoms with Crippen LogP contribution in [0.3, 0.4) is 0 Å². The lowest BCUT2D eigenvalue weighted by Crippen LogP contribution is -2.55. The summed E-state index contributed by atoms with van der Waals surface area (Å²) in [5, 5.41) is 1.15. The van der Waals surface area contributed by atoms with Gasteiger partial charge in [-0.25, -0.2) is 9.97 Å². The van der Waals surface area contributed by atoms with Crippen LogP contribution in [0.1, 0.15) is 19.3 Å². The first-order chi connectivity index (χ1) is 10.3.